The van der Waals surface area contributed by atoms with Crippen molar-refractivity contribution in [2.75, 3.05) is 19.8 Å². The summed E-state index contributed by atoms with van der Waals surface area (Å²) >= 11 is 0. The van der Waals surface area contributed by atoms with Crippen molar-refractivity contribution >= 4 is 0 Å². The van der Waals surface area contributed by atoms with Crippen LogP contribution in [0.3, 0.4) is 0 Å². The van der Waals surface area contributed by atoms with Crippen molar-refractivity contribution in [1.29, 1.82) is 0 Å². The maximum atomic E-state index is 5.32. The predicted molar refractivity (Wildman–Crippen MR) is 29.8 cm³/mol. The largest absolute Gasteiger partial charge is 0.318 e. The highest BCUT2D eigenvalue weighted by atomic mass is 15.2. The van der Waals surface area contributed by atoms with Crippen molar-refractivity contribution in [3.63, 3.8) is 0 Å². The van der Waals surface area contributed by atoms with Gasteiger partial charge in [0.25, 0.3) is 0 Å². The van der Waals surface area contributed by atoms with Crippen LogP contribution >= 0.6 is 0 Å². The van der Waals surface area contributed by atoms with Crippen LogP contribution in [0.5, 0.6) is 0 Å². The fraction of sp³-hybridized carbons (Fsp3) is 1.00. The van der Waals surface area contributed by atoms with Gasteiger partial charge in [0.15, 0.2) is 0 Å². The van der Waals surface area contributed by atoms with Gasteiger partial charge in [-0.1, -0.05) is 6.92 Å². The molecule has 1 rings (SSSR count). The van der Waals surface area contributed by atoms with Crippen LogP contribution in [-0.4, -0.2) is 24.7 Å². The molecule has 42 valence electrons. The zero-order valence-electron chi connectivity index (χ0n) is 4.72. The van der Waals surface area contributed by atoms with E-state index in [9.17, 15) is 0 Å². The molecule has 1 aliphatic rings. The Labute approximate surface area is 44.3 Å². The number of nitrogens with zero attached hydrogens (tertiary/aromatic N) is 1. The second-order valence-electron chi connectivity index (χ2n) is 2.32. The summed E-state index contributed by atoms with van der Waals surface area (Å²) in [6.45, 7) is 5.39. The first kappa shape index (κ1) is 5.06. The monoisotopic (exact) mass is 100 g/mol. The first-order chi connectivity index (χ1) is 3.33. The van der Waals surface area contributed by atoms with Gasteiger partial charge in [-0.2, -0.15) is 0 Å². The Morgan fingerprint density at radius 2 is 2.29 bits per heavy atom. The van der Waals surface area contributed by atoms with Gasteiger partial charge in [0, 0.05) is 19.8 Å². The van der Waals surface area contributed by atoms with Crippen LogP contribution in [0.4, 0.5) is 0 Å². The molecular formula is C5H12N2. The van der Waals surface area contributed by atoms with Crippen LogP contribution in [0, 0.1) is 5.92 Å². The summed E-state index contributed by atoms with van der Waals surface area (Å²) in [7, 11) is 0. The van der Waals surface area contributed by atoms with Crippen LogP contribution in [-0.2, 0) is 0 Å². The smallest absolute Gasteiger partial charge is 0.0455 e. The van der Waals surface area contributed by atoms with E-state index in [0.29, 0.717) is 0 Å². The average Bonchev–Trinajstić information content (AvgIpc) is 1.58. The first-order valence-corrected chi connectivity index (χ1v) is 2.75. The minimum absolute atomic E-state index is 0.740. The van der Waals surface area contributed by atoms with E-state index in [-0.39, 0.29) is 0 Å². The molecule has 0 aliphatic carbocycles. The Morgan fingerprint density at radius 1 is 1.71 bits per heavy atom. The van der Waals surface area contributed by atoms with Crippen molar-refractivity contribution < 1.29 is 0 Å². The fourth-order valence-corrected chi connectivity index (χ4v) is 0.977. The molecule has 0 bridgehead atoms. The molecule has 0 aromatic rings. The zero-order chi connectivity index (χ0) is 5.28. The molecule has 0 unspecified atom stereocenters. The van der Waals surface area contributed by atoms with Gasteiger partial charge < -0.3 is 5.73 Å². The third-order valence-corrected chi connectivity index (χ3v) is 1.40. The molecule has 0 aromatic heterocycles. The zero-order valence-corrected chi connectivity index (χ0v) is 4.72. The second kappa shape index (κ2) is 1.80. The number of nitrogens with two attached hydrogens (primary N) is 1. The standard InChI is InChI=1S/C5H12N2/c1-5-2-7(3-5)4-6/h5H,2-4,6H2,1H3. The minimum Gasteiger partial charge on any atom is -0.318 e. The fourth-order valence-electron chi connectivity index (χ4n) is 0.977. The Balaban J connectivity index is 2.06. The lowest BCUT2D eigenvalue weighted by Gasteiger charge is -2.35. The summed E-state index contributed by atoms with van der Waals surface area (Å²) in [6.07, 6.45) is 0. The Hall–Kier alpha value is -0.0800. The van der Waals surface area contributed by atoms with Crippen molar-refractivity contribution in [2.45, 2.75) is 6.92 Å². The average molecular weight is 100 g/mol. The first-order valence-electron chi connectivity index (χ1n) is 2.75. The van der Waals surface area contributed by atoms with E-state index < -0.39 is 0 Å². The van der Waals surface area contributed by atoms with Gasteiger partial charge in [-0.15, -0.1) is 0 Å². The van der Waals surface area contributed by atoms with Crippen molar-refractivity contribution in [3.8, 4) is 0 Å². The van der Waals surface area contributed by atoms with Crippen LogP contribution in [0.2, 0.25) is 0 Å². The lowest BCUT2D eigenvalue weighted by Crippen LogP contribution is -2.47. The van der Waals surface area contributed by atoms with Crippen LogP contribution in [0.1, 0.15) is 6.92 Å². The molecule has 1 heterocycles. The number of hydrogen-bond acceptors (Lipinski definition) is 2. The van der Waals surface area contributed by atoms with Gasteiger partial charge in [-0.05, 0) is 5.92 Å². The molecule has 0 spiro atoms. The van der Waals surface area contributed by atoms with E-state index in [1.54, 1.807) is 0 Å². The Kier molecular flexibility index (Phi) is 1.30. The maximum absolute atomic E-state index is 5.32. The van der Waals surface area contributed by atoms with E-state index in [1.807, 2.05) is 0 Å². The highest BCUT2D eigenvalue weighted by molar-refractivity contribution is 4.73. The quantitative estimate of drug-likeness (QED) is 0.496. The van der Waals surface area contributed by atoms with E-state index in [1.165, 1.54) is 13.1 Å². The molecule has 0 atom stereocenters. The second-order valence-corrected chi connectivity index (χ2v) is 2.32. The number of hydrogen-bond donors (Lipinski definition) is 1. The molecule has 0 amide bonds. The molecule has 7 heavy (non-hydrogen) atoms. The van der Waals surface area contributed by atoms with Gasteiger partial charge >= 0.3 is 0 Å². The highest BCUT2D eigenvalue weighted by Gasteiger charge is 2.19. The van der Waals surface area contributed by atoms with Crippen molar-refractivity contribution in [2.24, 2.45) is 11.7 Å². The molecule has 1 fully saturated rings. The van der Waals surface area contributed by atoms with Crippen LogP contribution in [0.15, 0.2) is 0 Å². The Bertz CT molecular complexity index is 57.1. The topological polar surface area (TPSA) is 29.3 Å². The molecule has 1 aliphatic heterocycles. The predicted octanol–water partition coefficient (Wildman–Crippen LogP) is -0.146. The summed E-state index contributed by atoms with van der Waals surface area (Å²) in [5, 5.41) is 0. The minimum atomic E-state index is 0.740. The lowest BCUT2D eigenvalue weighted by atomic mass is 10.0. The van der Waals surface area contributed by atoms with Crippen molar-refractivity contribution in [3.05, 3.63) is 0 Å². The Morgan fingerprint density at radius 3 is 2.43 bits per heavy atom. The summed E-state index contributed by atoms with van der Waals surface area (Å²) in [5.41, 5.74) is 5.32. The molecule has 0 saturated carbocycles. The molecule has 2 nitrogen and oxygen atoms in total. The van der Waals surface area contributed by atoms with Gasteiger partial charge in [-0.3, -0.25) is 4.90 Å². The summed E-state index contributed by atoms with van der Waals surface area (Å²) < 4.78 is 0. The molecule has 2 heteroatoms. The van der Waals surface area contributed by atoms with Gasteiger partial charge in [0.05, 0.1) is 0 Å². The van der Waals surface area contributed by atoms with Gasteiger partial charge in [0.2, 0.25) is 0 Å². The molecule has 1 saturated heterocycles. The molecule has 2 N–H and O–H groups in total. The third-order valence-electron chi connectivity index (χ3n) is 1.40. The number of rotatable bonds is 1. The van der Waals surface area contributed by atoms with Crippen LogP contribution in [0.25, 0.3) is 0 Å². The van der Waals surface area contributed by atoms with E-state index >= 15 is 0 Å². The van der Waals surface area contributed by atoms with E-state index in [2.05, 4.69) is 11.8 Å². The summed E-state index contributed by atoms with van der Waals surface area (Å²) in [4.78, 5) is 2.23. The number of likely N-dealkylation sites (tertiary alicyclic amines) is 1. The molecular weight excluding hydrogens is 88.1 g/mol. The van der Waals surface area contributed by atoms with Crippen LogP contribution < -0.4 is 5.73 Å². The lowest BCUT2D eigenvalue weighted by molar-refractivity contribution is 0.117. The highest BCUT2D eigenvalue weighted by Crippen LogP contribution is 2.10. The van der Waals surface area contributed by atoms with E-state index in [4.69, 9.17) is 5.73 Å². The molecule has 0 aromatic carbocycles. The SMILES string of the molecule is CC1CN(CN)C1. The summed E-state index contributed by atoms with van der Waals surface area (Å²) in [6, 6.07) is 0. The summed E-state index contributed by atoms with van der Waals surface area (Å²) in [5.74, 6) is 0.892. The normalized spacial score (nSPS) is 24.9. The molecule has 0 radical (unpaired) electrons. The maximum Gasteiger partial charge on any atom is 0.0455 e. The van der Waals surface area contributed by atoms with Gasteiger partial charge in [-0.25, -0.2) is 0 Å². The third kappa shape index (κ3) is 0.924. The van der Waals surface area contributed by atoms with E-state index in [0.717, 1.165) is 12.6 Å². The van der Waals surface area contributed by atoms with Crippen molar-refractivity contribution in [1.82, 2.24) is 4.90 Å². The van der Waals surface area contributed by atoms with Gasteiger partial charge in [0.1, 0.15) is 0 Å².